The van der Waals surface area contributed by atoms with Crippen LogP contribution in [0.3, 0.4) is 0 Å². The van der Waals surface area contributed by atoms with Crippen LogP contribution in [0.5, 0.6) is 0 Å². The molecule has 1 atom stereocenters. The molecule has 8 nitrogen and oxygen atoms in total. The van der Waals surface area contributed by atoms with Crippen molar-refractivity contribution in [3.8, 4) is 12.0 Å². The van der Waals surface area contributed by atoms with Crippen molar-refractivity contribution in [1.82, 2.24) is 19.1 Å². The van der Waals surface area contributed by atoms with Crippen molar-refractivity contribution in [2.24, 2.45) is 0 Å². The molecule has 1 unspecified atom stereocenters. The van der Waals surface area contributed by atoms with Crippen molar-refractivity contribution >= 4 is 90.0 Å². The Kier molecular flexibility index (Phi) is 6.28. The number of nitrogens with zero attached hydrogens (tertiary/aromatic N) is 4. The van der Waals surface area contributed by atoms with Gasteiger partial charge in [-0.15, -0.1) is 0 Å². The summed E-state index contributed by atoms with van der Waals surface area (Å²) < 4.78 is 30.6. The third-order valence-corrected chi connectivity index (χ3v) is 11.3. The van der Waals surface area contributed by atoms with E-state index >= 15 is 0 Å². The van der Waals surface area contributed by atoms with E-state index < -0.39 is 18.3 Å². The Morgan fingerprint density at radius 1 is 0.547 bits per heavy atom. The highest BCUT2D eigenvalue weighted by Gasteiger charge is 2.55. The number of hydrogen-bond donors (Lipinski definition) is 0. The van der Waals surface area contributed by atoms with Crippen LogP contribution in [0, 0.1) is 0 Å². The molecular weight excluding hydrogens is 683 g/mol. The number of fused-ring (bicyclic) bond motifs is 8. The first-order chi connectivity index (χ1) is 25.8. The van der Waals surface area contributed by atoms with Crippen molar-refractivity contribution in [2.45, 2.75) is 32.0 Å². The van der Waals surface area contributed by atoms with Gasteiger partial charge in [0.2, 0.25) is 0 Å². The summed E-state index contributed by atoms with van der Waals surface area (Å²) in [7, 11) is -0.634. The standard InChI is InChI=1S/C43H30BClN4O4/c1-42(2)43(3,25-16-21-37-31(22-25)30-12-6-9-15-36(30)49(37)41-47-33-20-18-27(45)24-39(33)51-41)53-44(52-42)26-17-19-32-38(23-26)50-40(46-32)48-34-13-7-4-10-28(34)29-11-5-8-14-35(29)48/h4-24H,1-3H3. The first-order valence-electron chi connectivity index (χ1n) is 17.6. The lowest BCUT2D eigenvalue weighted by atomic mass is 9.79. The van der Waals surface area contributed by atoms with E-state index in [2.05, 4.69) is 96.6 Å². The molecule has 1 aliphatic rings. The molecule has 0 N–H and O–H groups in total. The van der Waals surface area contributed by atoms with Crippen LogP contribution in [-0.4, -0.2) is 31.8 Å². The number of halogens is 1. The minimum Gasteiger partial charge on any atom is -0.423 e. The summed E-state index contributed by atoms with van der Waals surface area (Å²) in [6.07, 6.45) is 0. The third-order valence-electron chi connectivity index (χ3n) is 11.1. The molecule has 1 fully saturated rings. The maximum absolute atomic E-state index is 6.94. The van der Waals surface area contributed by atoms with Crippen LogP contribution >= 0.6 is 11.6 Å². The van der Waals surface area contributed by atoms with Crippen molar-refractivity contribution in [3.05, 3.63) is 138 Å². The Bertz CT molecular complexity index is 3070. The lowest BCUT2D eigenvalue weighted by Gasteiger charge is -2.37. The Labute approximate surface area is 308 Å². The van der Waals surface area contributed by atoms with Gasteiger partial charge in [0.15, 0.2) is 11.2 Å². The molecule has 53 heavy (non-hydrogen) atoms. The maximum atomic E-state index is 6.94. The van der Waals surface area contributed by atoms with E-state index in [4.69, 9.17) is 39.7 Å². The average molecular weight is 713 g/mol. The van der Waals surface area contributed by atoms with Gasteiger partial charge in [-0.3, -0.25) is 9.13 Å². The first-order valence-corrected chi connectivity index (χ1v) is 18.0. The van der Waals surface area contributed by atoms with Gasteiger partial charge in [-0.2, -0.15) is 9.97 Å². The van der Waals surface area contributed by atoms with Gasteiger partial charge in [-0.1, -0.05) is 78.3 Å². The van der Waals surface area contributed by atoms with Crippen molar-refractivity contribution in [2.75, 3.05) is 0 Å². The van der Waals surface area contributed by atoms with Gasteiger partial charge in [-0.25, -0.2) is 0 Å². The smallest absolute Gasteiger partial charge is 0.423 e. The molecule has 0 amide bonds. The van der Waals surface area contributed by atoms with E-state index in [1.165, 1.54) is 0 Å². The summed E-state index contributed by atoms with van der Waals surface area (Å²) >= 11 is 6.26. The molecule has 256 valence electrons. The van der Waals surface area contributed by atoms with Gasteiger partial charge < -0.3 is 18.1 Å². The van der Waals surface area contributed by atoms with E-state index in [-0.39, 0.29) is 0 Å². The summed E-state index contributed by atoms with van der Waals surface area (Å²) in [6, 6.07) is 43.8. The molecule has 1 saturated heterocycles. The van der Waals surface area contributed by atoms with Crippen LogP contribution < -0.4 is 5.46 Å². The first kappa shape index (κ1) is 30.7. The number of aromatic nitrogens is 4. The van der Waals surface area contributed by atoms with E-state index in [0.717, 1.165) is 65.7 Å². The largest absolute Gasteiger partial charge is 0.495 e. The number of benzene rings is 6. The fourth-order valence-corrected chi connectivity index (χ4v) is 8.23. The normalized spacial score (nSPS) is 17.5. The highest BCUT2D eigenvalue weighted by Crippen LogP contribution is 2.47. The molecule has 10 heteroatoms. The molecule has 0 spiro atoms. The fourth-order valence-electron chi connectivity index (χ4n) is 8.07. The van der Waals surface area contributed by atoms with Gasteiger partial charge in [0, 0.05) is 32.6 Å². The van der Waals surface area contributed by atoms with Gasteiger partial charge >= 0.3 is 19.1 Å². The molecule has 1 aliphatic heterocycles. The molecule has 0 aliphatic carbocycles. The van der Waals surface area contributed by atoms with Crippen LogP contribution in [0.1, 0.15) is 26.3 Å². The molecule has 5 heterocycles. The summed E-state index contributed by atoms with van der Waals surface area (Å²) in [5, 5.41) is 5.05. The zero-order valence-corrected chi connectivity index (χ0v) is 29.8. The molecule has 6 aromatic carbocycles. The summed E-state index contributed by atoms with van der Waals surface area (Å²) in [4.78, 5) is 9.74. The van der Waals surface area contributed by atoms with E-state index in [1.54, 1.807) is 6.07 Å². The van der Waals surface area contributed by atoms with Crippen LogP contribution in [0.15, 0.2) is 136 Å². The lowest BCUT2D eigenvalue weighted by Crippen LogP contribution is -2.42. The fraction of sp³-hybridized carbons (Fsp3) is 0.116. The number of rotatable bonds is 4. The Balaban J connectivity index is 0.979. The highest BCUT2D eigenvalue weighted by molar-refractivity contribution is 6.62. The molecule has 0 saturated carbocycles. The monoisotopic (exact) mass is 712 g/mol. The Morgan fingerprint density at radius 2 is 1.08 bits per heavy atom. The molecule has 0 bridgehead atoms. The summed E-state index contributed by atoms with van der Waals surface area (Å²) in [6.45, 7) is 6.26. The summed E-state index contributed by atoms with van der Waals surface area (Å²) in [5.41, 5.74) is 7.22. The second-order valence-electron chi connectivity index (χ2n) is 14.4. The van der Waals surface area contributed by atoms with E-state index in [0.29, 0.717) is 28.2 Å². The van der Waals surface area contributed by atoms with Crippen LogP contribution in [0.4, 0.5) is 0 Å². The second kappa shape index (κ2) is 10.8. The number of hydrogen-bond acceptors (Lipinski definition) is 6. The van der Waals surface area contributed by atoms with E-state index in [1.807, 2.05) is 54.6 Å². The zero-order valence-electron chi connectivity index (χ0n) is 29.0. The topological polar surface area (TPSA) is 80.4 Å². The lowest BCUT2D eigenvalue weighted by molar-refractivity contribution is -0.0132. The van der Waals surface area contributed by atoms with Crippen LogP contribution in [0.25, 0.3) is 77.8 Å². The number of oxazole rings is 2. The van der Waals surface area contributed by atoms with Gasteiger partial charge in [-0.05, 0) is 86.4 Å². The zero-order chi connectivity index (χ0) is 35.6. The highest BCUT2D eigenvalue weighted by atomic mass is 35.5. The van der Waals surface area contributed by atoms with Gasteiger partial charge in [0.25, 0.3) is 0 Å². The van der Waals surface area contributed by atoms with Gasteiger partial charge in [0.1, 0.15) is 16.6 Å². The van der Waals surface area contributed by atoms with Crippen molar-refractivity contribution < 1.29 is 18.1 Å². The summed E-state index contributed by atoms with van der Waals surface area (Å²) in [5.74, 6) is 0. The predicted molar refractivity (Wildman–Crippen MR) is 211 cm³/mol. The average Bonchev–Trinajstić information content (AvgIpc) is 3.97. The Hall–Kier alpha value is -5.87. The predicted octanol–water partition coefficient (Wildman–Crippen LogP) is 10.3. The van der Waals surface area contributed by atoms with Gasteiger partial charge in [0.05, 0.1) is 27.7 Å². The quantitative estimate of drug-likeness (QED) is 0.169. The number of para-hydroxylation sites is 3. The minimum atomic E-state index is -0.798. The maximum Gasteiger partial charge on any atom is 0.495 e. The van der Waals surface area contributed by atoms with Crippen LogP contribution in [0.2, 0.25) is 5.02 Å². The minimum absolute atomic E-state index is 0.484. The molecular formula is C43H30BClN4O4. The Morgan fingerprint density at radius 3 is 1.70 bits per heavy atom. The van der Waals surface area contributed by atoms with Crippen molar-refractivity contribution in [1.29, 1.82) is 0 Å². The molecule has 10 aromatic rings. The second-order valence-corrected chi connectivity index (χ2v) is 14.8. The molecule has 4 aromatic heterocycles. The molecule has 0 radical (unpaired) electrons. The SMILES string of the molecule is CC1(C)OB(c2ccc3nc(-n4c5ccccc5c5ccccc54)oc3c2)OC1(C)c1ccc2c(c1)c1ccccc1n2-c1nc2ccc(Cl)cc2o1. The molecule has 11 rings (SSSR count). The van der Waals surface area contributed by atoms with Crippen molar-refractivity contribution in [3.63, 3.8) is 0 Å². The van der Waals surface area contributed by atoms with Crippen LogP contribution in [-0.2, 0) is 14.9 Å². The third kappa shape index (κ3) is 4.39. The van der Waals surface area contributed by atoms with E-state index in [9.17, 15) is 0 Å².